The highest BCUT2D eigenvalue weighted by Gasteiger charge is 2.21. The summed E-state index contributed by atoms with van der Waals surface area (Å²) < 4.78 is 39.7. The lowest BCUT2D eigenvalue weighted by Gasteiger charge is -2.09. The molecule has 0 fully saturated rings. The Bertz CT molecular complexity index is 906. The van der Waals surface area contributed by atoms with E-state index < -0.39 is 10.4 Å². The number of nitrogens with zero attached hydrogens (tertiary/aromatic N) is 2. The van der Waals surface area contributed by atoms with Crippen LogP contribution < -0.4 is 4.57 Å². The minimum absolute atomic E-state index is 0.0252. The summed E-state index contributed by atoms with van der Waals surface area (Å²) in [6, 6.07) is 16.3. The van der Waals surface area contributed by atoms with Gasteiger partial charge in [0, 0.05) is 26.2 Å². The Morgan fingerprint density at radius 2 is 1.56 bits per heavy atom. The molecule has 2 aromatic carbocycles. The Balaban J connectivity index is 0.000000277. The Kier molecular flexibility index (Phi) is 6.38. The van der Waals surface area contributed by atoms with Crippen molar-refractivity contribution in [3.63, 3.8) is 0 Å². The monoisotopic (exact) mass is 364 g/mol. The highest BCUT2D eigenvalue weighted by Crippen LogP contribution is 2.16. The number of methoxy groups -OCH3 is 1. The van der Waals surface area contributed by atoms with Gasteiger partial charge in [0.15, 0.2) is 0 Å². The molecule has 1 aromatic heterocycles. The van der Waals surface area contributed by atoms with Gasteiger partial charge in [0.05, 0.1) is 6.61 Å². The normalized spacial score (nSPS) is 12.6. The number of hydrogen-bond donors (Lipinski definition) is 0. The zero-order valence-electron chi connectivity index (χ0n) is 14.2. The second kappa shape index (κ2) is 8.30. The van der Waals surface area contributed by atoms with E-state index in [2.05, 4.69) is 25.9 Å². The Morgan fingerprint density at radius 1 is 1.08 bits per heavy atom. The quantitative estimate of drug-likeness (QED) is 0.305. The fraction of sp³-hybridized carbons (Fsp3) is 0.294. The molecule has 0 aliphatic heterocycles. The van der Waals surface area contributed by atoms with E-state index in [0.717, 1.165) is 22.1 Å². The first-order valence-corrected chi connectivity index (χ1v) is 9.02. The van der Waals surface area contributed by atoms with Gasteiger partial charge in [-0.15, -0.1) is 0 Å². The number of hydrogen-bond acceptors (Lipinski definition) is 6. The lowest BCUT2D eigenvalue weighted by molar-refractivity contribution is -0.712. The van der Waals surface area contributed by atoms with Crippen molar-refractivity contribution in [1.82, 2.24) is 4.98 Å². The predicted molar refractivity (Wildman–Crippen MR) is 92.5 cm³/mol. The van der Waals surface area contributed by atoms with E-state index >= 15 is 0 Å². The summed E-state index contributed by atoms with van der Waals surface area (Å²) in [4.78, 5) is 4.68. The molecule has 7 nitrogen and oxygen atoms in total. The molecule has 8 heteroatoms. The summed E-state index contributed by atoms with van der Waals surface area (Å²) in [6.45, 7) is 3.38. The van der Waals surface area contributed by atoms with Crippen LogP contribution in [0, 0.1) is 0 Å². The van der Waals surface area contributed by atoms with E-state index in [-0.39, 0.29) is 12.8 Å². The average molecular weight is 364 g/mol. The molecule has 1 heterocycles. The van der Waals surface area contributed by atoms with Crippen molar-refractivity contribution in [3.8, 4) is 0 Å². The summed E-state index contributed by atoms with van der Waals surface area (Å²) >= 11 is 0. The van der Waals surface area contributed by atoms with Crippen molar-refractivity contribution >= 4 is 32.5 Å². The molecule has 0 aliphatic carbocycles. The predicted octanol–water partition coefficient (Wildman–Crippen LogP) is 2.32. The molecule has 0 saturated carbocycles. The standard InChI is InChI=1S/C15H15N2O.C2H6O4S/c1-11(18-2)17-14-9-5-3-7-12(14)16-13-8-4-6-10-15(13)17;1-2-6-7(3,4)5/h3-11H,1-2H3;2H2,1H3,(H,3,4,5)/q+1;/p-1. The second-order valence-corrected chi connectivity index (χ2v) is 6.16. The minimum Gasteiger partial charge on any atom is -0.726 e. The van der Waals surface area contributed by atoms with Gasteiger partial charge in [-0.2, -0.15) is 4.57 Å². The molecule has 25 heavy (non-hydrogen) atoms. The van der Waals surface area contributed by atoms with E-state index in [0.29, 0.717) is 0 Å². The summed E-state index contributed by atoms with van der Waals surface area (Å²) in [5.74, 6) is 0. The summed E-state index contributed by atoms with van der Waals surface area (Å²) in [7, 11) is -2.70. The molecular weight excluding hydrogens is 344 g/mol. The van der Waals surface area contributed by atoms with Crippen LogP contribution in [0.1, 0.15) is 20.1 Å². The number of ether oxygens (including phenoxy) is 1. The van der Waals surface area contributed by atoms with Crippen LogP contribution in [0.3, 0.4) is 0 Å². The van der Waals surface area contributed by atoms with Crippen molar-refractivity contribution in [2.24, 2.45) is 0 Å². The third-order valence-electron chi connectivity index (χ3n) is 3.49. The van der Waals surface area contributed by atoms with E-state index in [1.807, 2.05) is 43.3 Å². The zero-order valence-corrected chi connectivity index (χ0v) is 15.1. The van der Waals surface area contributed by atoms with Crippen molar-refractivity contribution in [1.29, 1.82) is 0 Å². The highest BCUT2D eigenvalue weighted by atomic mass is 32.3. The van der Waals surface area contributed by atoms with Gasteiger partial charge in [-0.1, -0.05) is 24.3 Å². The number of para-hydroxylation sites is 4. The van der Waals surface area contributed by atoms with Crippen molar-refractivity contribution in [2.75, 3.05) is 13.7 Å². The van der Waals surface area contributed by atoms with Gasteiger partial charge in [-0.05, 0) is 19.1 Å². The number of aromatic nitrogens is 2. The maximum atomic E-state index is 9.45. The van der Waals surface area contributed by atoms with Crippen molar-refractivity contribution in [3.05, 3.63) is 48.5 Å². The summed E-state index contributed by atoms with van der Waals surface area (Å²) in [5.41, 5.74) is 4.15. The van der Waals surface area contributed by atoms with Crippen LogP contribution in [0.5, 0.6) is 0 Å². The summed E-state index contributed by atoms with van der Waals surface area (Å²) in [5, 5.41) is 0. The van der Waals surface area contributed by atoms with Gasteiger partial charge >= 0.3 is 0 Å². The molecule has 3 rings (SSSR count). The number of rotatable bonds is 4. The van der Waals surface area contributed by atoms with E-state index in [1.54, 1.807) is 7.11 Å². The van der Waals surface area contributed by atoms with Crippen molar-refractivity contribution in [2.45, 2.75) is 20.1 Å². The first kappa shape index (κ1) is 19.2. The summed E-state index contributed by atoms with van der Waals surface area (Å²) in [6.07, 6.45) is -0.0252. The third kappa shape index (κ3) is 4.93. The molecule has 1 unspecified atom stereocenters. The molecule has 134 valence electrons. The van der Waals surface area contributed by atoms with Crippen LogP contribution in [0.15, 0.2) is 48.5 Å². The molecule has 0 aliphatic rings. The Morgan fingerprint density at radius 3 is 1.92 bits per heavy atom. The molecule has 3 aromatic rings. The molecule has 0 amide bonds. The fourth-order valence-electron chi connectivity index (χ4n) is 2.43. The minimum atomic E-state index is -4.42. The van der Waals surface area contributed by atoms with Crippen LogP contribution in [-0.4, -0.2) is 31.7 Å². The number of benzene rings is 2. The van der Waals surface area contributed by atoms with Gasteiger partial charge < -0.3 is 9.29 Å². The molecule has 1 atom stereocenters. The lowest BCUT2D eigenvalue weighted by Crippen LogP contribution is -2.40. The molecule has 0 spiro atoms. The van der Waals surface area contributed by atoms with Crippen molar-refractivity contribution < 1.29 is 26.5 Å². The number of fused-ring (bicyclic) bond motifs is 2. The van der Waals surface area contributed by atoms with Gasteiger partial charge in [0.25, 0.3) is 6.23 Å². The molecular formula is C17H20N2O5S. The van der Waals surface area contributed by atoms with E-state index in [4.69, 9.17) is 4.74 Å². The molecule has 0 N–H and O–H groups in total. The average Bonchev–Trinajstić information content (AvgIpc) is 2.58. The first-order valence-electron chi connectivity index (χ1n) is 7.69. The smallest absolute Gasteiger partial charge is 0.260 e. The topological polar surface area (TPSA) is 92.4 Å². The van der Waals surface area contributed by atoms with Gasteiger partial charge in [-0.3, -0.25) is 4.18 Å². The Hall–Kier alpha value is -2.13. The zero-order chi connectivity index (χ0) is 18.4. The maximum absolute atomic E-state index is 9.45. The first-order chi connectivity index (χ1) is 11.9. The molecule has 0 saturated heterocycles. The van der Waals surface area contributed by atoms with Crippen LogP contribution in [0.25, 0.3) is 22.1 Å². The van der Waals surface area contributed by atoms with Gasteiger partial charge in [0.2, 0.25) is 21.4 Å². The lowest BCUT2D eigenvalue weighted by atomic mass is 10.2. The third-order valence-corrected chi connectivity index (χ3v) is 4.01. The Labute approximate surface area is 146 Å². The fourth-order valence-corrected chi connectivity index (χ4v) is 2.71. The van der Waals surface area contributed by atoms with Crippen LogP contribution in [0.2, 0.25) is 0 Å². The van der Waals surface area contributed by atoms with Crippen LogP contribution in [-0.2, 0) is 19.3 Å². The van der Waals surface area contributed by atoms with E-state index in [9.17, 15) is 13.0 Å². The van der Waals surface area contributed by atoms with Gasteiger partial charge in [-0.25, -0.2) is 13.4 Å². The van der Waals surface area contributed by atoms with Gasteiger partial charge in [0.1, 0.15) is 11.0 Å². The van der Waals surface area contributed by atoms with E-state index in [1.165, 1.54) is 6.92 Å². The molecule has 0 radical (unpaired) electrons. The maximum Gasteiger partial charge on any atom is 0.260 e. The molecule has 0 bridgehead atoms. The van der Waals surface area contributed by atoms with Crippen LogP contribution >= 0.6 is 0 Å². The van der Waals surface area contributed by atoms with Crippen LogP contribution in [0.4, 0.5) is 0 Å². The second-order valence-electron chi connectivity index (χ2n) is 5.11. The largest absolute Gasteiger partial charge is 0.726 e. The highest BCUT2D eigenvalue weighted by molar-refractivity contribution is 7.80. The SMILES string of the molecule is CCOS(=O)(=O)[O-].COC(C)[n+]1c2ccccc2nc2ccccc21.